The lowest BCUT2D eigenvalue weighted by molar-refractivity contribution is -0.122. The van der Waals surface area contributed by atoms with Crippen LogP contribution in [-0.4, -0.2) is 25.2 Å². The van der Waals surface area contributed by atoms with Gasteiger partial charge < -0.3 is 15.8 Å². The number of amides is 1. The van der Waals surface area contributed by atoms with Gasteiger partial charge in [0.05, 0.1) is 0 Å². The highest BCUT2D eigenvalue weighted by Gasteiger charge is 2.21. The summed E-state index contributed by atoms with van der Waals surface area (Å²) < 4.78 is 5.35. The smallest absolute Gasteiger partial charge is 0.220 e. The predicted molar refractivity (Wildman–Crippen MR) is 80.3 cm³/mol. The molecule has 1 aromatic carbocycles. The number of aryl methyl sites for hydroxylation is 1. The van der Waals surface area contributed by atoms with Crippen LogP contribution < -0.4 is 11.1 Å². The van der Waals surface area contributed by atoms with Crippen molar-refractivity contribution in [1.82, 2.24) is 5.32 Å². The van der Waals surface area contributed by atoms with E-state index in [2.05, 4.69) is 12.2 Å². The molecule has 1 saturated heterocycles. The average Bonchev–Trinajstić information content (AvgIpc) is 2.46. The van der Waals surface area contributed by atoms with Gasteiger partial charge in [0.15, 0.2) is 0 Å². The van der Waals surface area contributed by atoms with E-state index in [0.717, 1.165) is 43.7 Å². The number of carbonyl (C=O) groups is 1. The van der Waals surface area contributed by atoms with E-state index in [1.165, 1.54) is 0 Å². The van der Waals surface area contributed by atoms with Crippen molar-refractivity contribution in [3.8, 4) is 0 Å². The standard InChI is InChI=1S/C16H24N2O2/c1-12(14-7-9-20-10-8-14)18-16(19)6-5-13-3-2-4-15(17)11-13/h2-4,11-12,14H,5-10,17H2,1H3,(H,18,19). The van der Waals surface area contributed by atoms with Gasteiger partial charge in [-0.05, 0) is 49.8 Å². The van der Waals surface area contributed by atoms with Crippen LogP contribution in [0.2, 0.25) is 0 Å². The first kappa shape index (κ1) is 14.9. The Morgan fingerprint density at radius 3 is 2.90 bits per heavy atom. The van der Waals surface area contributed by atoms with E-state index < -0.39 is 0 Å². The second-order valence-electron chi connectivity index (χ2n) is 5.55. The van der Waals surface area contributed by atoms with Crippen molar-refractivity contribution in [1.29, 1.82) is 0 Å². The largest absolute Gasteiger partial charge is 0.399 e. The number of benzene rings is 1. The summed E-state index contributed by atoms with van der Waals surface area (Å²) >= 11 is 0. The third-order valence-electron chi connectivity index (χ3n) is 3.95. The Kier molecular flexibility index (Phi) is 5.41. The quantitative estimate of drug-likeness (QED) is 0.810. The van der Waals surface area contributed by atoms with Crippen molar-refractivity contribution in [2.45, 2.75) is 38.6 Å². The van der Waals surface area contributed by atoms with Crippen molar-refractivity contribution in [3.05, 3.63) is 29.8 Å². The lowest BCUT2D eigenvalue weighted by atomic mass is 9.93. The van der Waals surface area contributed by atoms with Gasteiger partial charge in [-0.25, -0.2) is 0 Å². The highest BCUT2D eigenvalue weighted by Crippen LogP contribution is 2.18. The Morgan fingerprint density at radius 2 is 2.20 bits per heavy atom. The summed E-state index contributed by atoms with van der Waals surface area (Å²) in [6.45, 7) is 3.72. The monoisotopic (exact) mass is 276 g/mol. The van der Waals surface area contributed by atoms with Crippen LogP contribution in [0.3, 0.4) is 0 Å². The number of carbonyl (C=O) groups excluding carboxylic acids is 1. The van der Waals surface area contributed by atoms with E-state index >= 15 is 0 Å². The summed E-state index contributed by atoms with van der Waals surface area (Å²) in [5.41, 5.74) is 7.59. The third kappa shape index (κ3) is 4.53. The minimum atomic E-state index is 0.117. The summed E-state index contributed by atoms with van der Waals surface area (Å²) in [5.74, 6) is 0.659. The molecule has 4 heteroatoms. The maximum absolute atomic E-state index is 12.0. The van der Waals surface area contributed by atoms with Gasteiger partial charge in [-0.2, -0.15) is 0 Å². The number of nitrogens with one attached hydrogen (secondary N) is 1. The number of anilines is 1. The SMILES string of the molecule is CC(NC(=O)CCc1cccc(N)c1)C1CCOCC1. The topological polar surface area (TPSA) is 64.4 Å². The van der Waals surface area contributed by atoms with Crippen LogP contribution in [-0.2, 0) is 16.0 Å². The Hall–Kier alpha value is -1.55. The number of hydrogen-bond donors (Lipinski definition) is 2. The van der Waals surface area contributed by atoms with E-state index in [1.807, 2.05) is 24.3 Å². The molecule has 1 aliphatic heterocycles. The van der Waals surface area contributed by atoms with Crippen LogP contribution in [0.1, 0.15) is 31.7 Å². The Bertz CT molecular complexity index is 442. The zero-order valence-electron chi connectivity index (χ0n) is 12.1. The van der Waals surface area contributed by atoms with Gasteiger partial charge in [0.25, 0.3) is 0 Å². The number of rotatable bonds is 5. The molecular formula is C16H24N2O2. The molecule has 110 valence electrons. The molecule has 1 fully saturated rings. The first-order chi connectivity index (χ1) is 9.65. The fourth-order valence-corrected chi connectivity index (χ4v) is 2.67. The number of nitrogen functional groups attached to an aromatic ring is 1. The Labute approximate surface area is 120 Å². The molecule has 4 nitrogen and oxygen atoms in total. The van der Waals surface area contributed by atoms with Crippen LogP contribution in [0, 0.1) is 5.92 Å². The van der Waals surface area contributed by atoms with Crippen molar-refractivity contribution in [3.63, 3.8) is 0 Å². The Morgan fingerprint density at radius 1 is 1.45 bits per heavy atom. The lowest BCUT2D eigenvalue weighted by Gasteiger charge is -2.28. The molecule has 1 heterocycles. The van der Waals surface area contributed by atoms with E-state index in [1.54, 1.807) is 0 Å². The molecule has 1 unspecified atom stereocenters. The molecule has 2 rings (SSSR count). The van der Waals surface area contributed by atoms with Gasteiger partial charge in [0.2, 0.25) is 5.91 Å². The van der Waals surface area contributed by atoms with Gasteiger partial charge in [-0.3, -0.25) is 4.79 Å². The first-order valence-corrected chi connectivity index (χ1v) is 7.36. The van der Waals surface area contributed by atoms with Crippen LogP contribution in [0.5, 0.6) is 0 Å². The summed E-state index contributed by atoms with van der Waals surface area (Å²) in [6.07, 6.45) is 3.32. The summed E-state index contributed by atoms with van der Waals surface area (Å²) in [4.78, 5) is 12.0. The zero-order valence-corrected chi connectivity index (χ0v) is 12.1. The molecule has 0 spiro atoms. The number of nitrogens with two attached hydrogens (primary N) is 1. The molecule has 0 aliphatic carbocycles. The van der Waals surface area contributed by atoms with Crippen LogP contribution in [0.25, 0.3) is 0 Å². The summed E-state index contributed by atoms with van der Waals surface area (Å²) in [7, 11) is 0. The summed E-state index contributed by atoms with van der Waals surface area (Å²) in [6, 6.07) is 7.94. The molecular weight excluding hydrogens is 252 g/mol. The molecule has 0 bridgehead atoms. The van der Waals surface area contributed by atoms with Crippen molar-refractivity contribution in [2.24, 2.45) is 5.92 Å². The predicted octanol–water partition coefficient (Wildman–Crippen LogP) is 2.13. The highest BCUT2D eigenvalue weighted by molar-refractivity contribution is 5.76. The molecule has 0 aromatic heterocycles. The fourth-order valence-electron chi connectivity index (χ4n) is 2.67. The van der Waals surface area contributed by atoms with Gasteiger partial charge in [0.1, 0.15) is 0 Å². The maximum Gasteiger partial charge on any atom is 0.220 e. The molecule has 1 amide bonds. The van der Waals surface area contributed by atoms with E-state index in [4.69, 9.17) is 10.5 Å². The molecule has 3 N–H and O–H groups in total. The molecule has 1 aliphatic rings. The average molecular weight is 276 g/mol. The van der Waals surface area contributed by atoms with Crippen LogP contribution >= 0.6 is 0 Å². The zero-order chi connectivity index (χ0) is 14.4. The molecule has 1 aromatic rings. The van der Waals surface area contributed by atoms with Crippen molar-refractivity contribution in [2.75, 3.05) is 18.9 Å². The molecule has 20 heavy (non-hydrogen) atoms. The minimum absolute atomic E-state index is 0.117. The summed E-state index contributed by atoms with van der Waals surface area (Å²) in [5, 5.41) is 3.11. The molecule has 0 radical (unpaired) electrons. The van der Waals surface area contributed by atoms with Gasteiger partial charge in [-0.1, -0.05) is 12.1 Å². The van der Waals surface area contributed by atoms with E-state index in [9.17, 15) is 4.79 Å². The first-order valence-electron chi connectivity index (χ1n) is 7.36. The van der Waals surface area contributed by atoms with Gasteiger partial charge in [-0.15, -0.1) is 0 Å². The minimum Gasteiger partial charge on any atom is -0.399 e. The van der Waals surface area contributed by atoms with E-state index in [0.29, 0.717) is 12.3 Å². The third-order valence-corrected chi connectivity index (χ3v) is 3.95. The second kappa shape index (κ2) is 7.29. The highest BCUT2D eigenvalue weighted by atomic mass is 16.5. The van der Waals surface area contributed by atoms with Crippen LogP contribution in [0.15, 0.2) is 24.3 Å². The van der Waals surface area contributed by atoms with Gasteiger partial charge in [0, 0.05) is 31.4 Å². The maximum atomic E-state index is 12.0. The number of hydrogen-bond acceptors (Lipinski definition) is 3. The second-order valence-corrected chi connectivity index (χ2v) is 5.55. The van der Waals surface area contributed by atoms with Crippen LogP contribution in [0.4, 0.5) is 5.69 Å². The van der Waals surface area contributed by atoms with Gasteiger partial charge >= 0.3 is 0 Å². The Balaban J connectivity index is 1.74. The molecule has 0 saturated carbocycles. The van der Waals surface area contributed by atoms with E-state index in [-0.39, 0.29) is 11.9 Å². The molecule has 1 atom stereocenters. The fraction of sp³-hybridized carbons (Fsp3) is 0.562. The lowest BCUT2D eigenvalue weighted by Crippen LogP contribution is -2.40. The number of ether oxygens (including phenoxy) is 1. The normalized spacial score (nSPS) is 17.6. The van der Waals surface area contributed by atoms with Crippen molar-refractivity contribution >= 4 is 11.6 Å². The van der Waals surface area contributed by atoms with Crippen molar-refractivity contribution < 1.29 is 9.53 Å².